The average molecular weight is 259 g/mol. The van der Waals surface area contributed by atoms with Gasteiger partial charge in [-0.25, -0.2) is 0 Å². The van der Waals surface area contributed by atoms with Gasteiger partial charge in [0.05, 0.1) is 7.11 Å². The number of methoxy groups -OCH3 is 1. The van der Waals surface area contributed by atoms with Crippen LogP contribution in [-0.2, 0) is 12.8 Å². The van der Waals surface area contributed by atoms with E-state index in [-0.39, 0.29) is 0 Å². The molecule has 0 spiro atoms. The Morgan fingerprint density at radius 3 is 2.89 bits per heavy atom. The average Bonchev–Trinajstić information content (AvgIpc) is 2.44. The SMILES string of the molecule is C/C=C/[C@H]1Cc2cccc(OC)c2C[C@@H]1NCCC. The molecule has 2 atom stereocenters. The maximum Gasteiger partial charge on any atom is 0.122 e. The van der Waals surface area contributed by atoms with Gasteiger partial charge in [-0.2, -0.15) is 0 Å². The van der Waals surface area contributed by atoms with E-state index in [9.17, 15) is 0 Å². The van der Waals surface area contributed by atoms with Gasteiger partial charge in [0, 0.05) is 6.04 Å². The van der Waals surface area contributed by atoms with Crippen LogP contribution in [0.1, 0.15) is 31.4 Å². The molecule has 1 N–H and O–H groups in total. The van der Waals surface area contributed by atoms with Gasteiger partial charge in [-0.3, -0.25) is 0 Å². The highest BCUT2D eigenvalue weighted by Gasteiger charge is 2.27. The minimum Gasteiger partial charge on any atom is -0.496 e. The van der Waals surface area contributed by atoms with Crippen molar-refractivity contribution < 1.29 is 4.74 Å². The number of ether oxygens (including phenoxy) is 1. The Balaban J connectivity index is 2.25. The van der Waals surface area contributed by atoms with Crippen LogP contribution in [0.2, 0.25) is 0 Å². The van der Waals surface area contributed by atoms with Crippen molar-refractivity contribution in [3.05, 3.63) is 41.5 Å². The van der Waals surface area contributed by atoms with Gasteiger partial charge in [-0.1, -0.05) is 31.2 Å². The fourth-order valence-corrected chi connectivity index (χ4v) is 3.00. The molecule has 2 rings (SSSR count). The standard InChI is InChI=1S/C17H25NO/c1-4-7-14-11-13-8-6-9-17(19-3)15(13)12-16(14)18-10-5-2/h4,6-9,14,16,18H,5,10-12H2,1-3H3/b7-4+/t14-,16-/m0/s1. The Morgan fingerprint density at radius 1 is 1.37 bits per heavy atom. The van der Waals surface area contributed by atoms with Crippen molar-refractivity contribution in [3.8, 4) is 5.75 Å². The second-order valence-electron chi connectivity index (χ2n) is 5.26. The van der Waals surface area contributed by atoms with Crippen LogP contribution in [0.5, 0.6) is 5.75 Å². The minimum atomic E-state index is 0.528. The summed E-state index contributed by atoms with van der Waals surface area (Å²) in [6.45, 7) is 5.41. The summed E-state index contributed by atoms with van der Waals surface area (Å²) in [7, 11) is 1.77. The Labute approximate surface area is 116 Å². The molecule has 1 aliphatic carbocycles. The van der Waals surface area contributed by atoms with Crippen LogP contribution >= 0.6 is 0 Å². The Morgan fingerprint density at radius 2 is 2.21 bits per heavy atom. The molecule has 2 heteroatoms. The Hall–Kier alpha value is -1.28. The predicted molar refractivity (Wildman–Crippen MR) is 80.8 cm³/mol. The second kappa shape index (κ2) is 6.76. The Kier molecular flexibility index (Phi) is 5.03. The highest BCUT2D eigenvalue weighted by Crippen LogP contribution is 2.32. The topological polar surface area (TPSA) is 21.3 Å². The van der Waals surface area contributed by atoms with E-state index in [4.69, 9.17) is 4.74 Å². The highest BCUT2D eigenvalue weighted by atomic mass is 16.5. The molecule has 0 amide bonds. The summed E-state index contributed by atoms with van der Waals surface area (Å²) in [5, 5.41) is 3.69. The van der Waals surface area contributed by atoms with Crippen molar-refractivity contribution in [2.45, 2.75) is 39.2 Å². The minimum absolute atomic E-state index is 0.528. The quantitative estimate of drug-likeness (QED) is 0.819. The van der Waals surface area contributed by atoms with Crippen molar-refractivity contribution in [1.29, 1.82) is 0 Å². The number of hydrogen-bond acceptors (Lipinski definition) is 2. The first-order chi connectivity index (χ1) is 9.30. The van der Waals surface area contributed by atoms with Crippen molar-refractivity contribution >= 4 is 0 Å². The summed E-state index contributed by atoms with van der Waals surface area (Å²) >= 11 is 0. The first-order valence-corrected chi connectivity index (χ1v) is 7.31. The first kappa shape index (κ1) is 14.1. The van der Waals surface area contributed by atoms with Gasteiger partial charge in [0.1, 0.15) is 5.75 Å². The van der Waals surface area contributed by atoms with Gasteiger partial charge >= 0.3 is 0 Å². The van der Waals surface area contributed by atoms with Gasteiger partial charge in [-0.15, -0.1) is 0 Å². The summed E-state index contributed by atoms with van der Waals surface area (Å²) in [5.74, 6) is 1.64. The predicted octanol–water partition coefficient (Wildman–Crippen LogP) is 3.35. The summed E-state index contributed by atoms with van der Waals surface area (Å²) in [4.78, 5) is 0. The van der Waals surface area contributed by atoms with Gasteiger partial charge in [0.2, 0.25) is 0 Å². The van der Waals surface area contributed by atoms with E-state index in [2.05, 4.69) is 49.5 Å². The molecule has 0 saturated carbocycles. The van der Waals surface area contributed by atoms with Crippen molar-refractivity contribution in [3.63, 3.8) is 0 Å². The number of allylic oxidation sites excluding steroid dienone is 1. The van der Waals surface area contributed by atoms with E-state index in [1.54, 1.807) is 7.11 Å². The molecular formula is C17H25NO. The van der Waals surface area contributed by atoms with Crippen molar-refractivity contribution in [2.24, 2.45) is 5.92 Å². The van der Waals surface area contributed by atoms with E-state index < -0.39 is 0 Å². The lowest BCUT2D eigenvalue weighted by atomic mass is 9.79. The summed E-state index contributed by atoms with van der Waals surface area (Å²) in [5.41, 5.74) is 2.83. The normalized spacial score (nSPS) is 22.5. The second-order valence-corrected chi connectivity index (χ2v) is 5.26. The summed E-state index contributed by atoms with van der Waals surface area (Å²) < 4.78 is 5.51. The summed E-state index contributed by atoms with van der Waals surface area (Å²) in [6, 6.07) is 6.94. The van der Waals surface area contributed by atoms with Crippen molar-refractivity contribution in [2.75, 3.05) is 13.7 Å². The van der Waals surface area contributed by atoms with Gasteiger partial charge in [-0.05, 0) is 55.8 Å². The number of fused-ring (bicyclic) bond motifs is 1. The molecule has 1 aromatic carbocycles. The molecule has 0 saturated heterocycles. The first-order valence-electron chi connectivity index (χ1n) is 7.31. The van der Waals surface area contributed by atoms with E-state index in [1.165, 1.54) is 17.5 Å². The molecule has 19 heavy (non-hydrogen) atoms. The third kappa shape index (κ3) is 3.19. The molecule has 0 aromatic heterocycles. The monoisotopic (exact) mass is 259 g/mol. The van der Waals surface area contributed by atoms with Crippen LogP contribution in [0.15, 0.2) is 30.4 Å². The molecule has 0 bridgehead atoms. The molecule has 2 nitrogen and oxygen atoms in total. The molecule has 0 unspecified atom stereocenters. The zero-order chi connectivity index (χ0) is 13.7. The fraction of sp³-hybridized carbons (Fsp3) is 0.529. The largest absolute Gasteiger partial charge is 0.496 e. The molecule has 104 valence electrons. The zero-order valence-corrected chi connectivity index (χ0v) is 12.3. The van der Waals surface area contributed by atoms with E-state index in [1.807, 2.05) is 0 Å². The Bertz CT molecular complexity index is 439. The molecule has 0 heterocycles. The van der Waals surface area contributed by atoms with Gasteiger partial charge in [0.15, 0.2) is 0 Å². The lowest BCUT2D eigenvalue weighted by Crippen LogP contribution is -2.41. The third-order valence-corrected chi connectivity index (χ3v) is 3.94. The maximum absolute atomic E-state index is 5.51. The van der Waals surface area contributed by atoms with E-state index >= 15 is 0 Å². The third-order valence-electron chi connectivity index (χ3n) is 3.94. The van der Waals surface area contributed by atoms with Crippen LogP contribution < -0.4 is 10.1 Å². The zero-order valence-electron chi connectivity index (χ0n) is 12.3. The number of rotatable bonds is 5. The van der Waals surface area contributed by atoms with Crippen molar-refractivity contribution in [1.82, 2.24) is 5.32 Å². The van der Waals surface area contributed by atoms with Gasteiger partial charge in [0.25, 0.3) is 0 Å². The smallest absolute Gasteiger partial charge is 0.122 e. The molecule has 0 aliphatic heterocycles. The molecule has 0 fully saturated rings. The lowest BCUT2D eigenvalue weighted by Gasteiger charge is -2.33. The molecular weight excluding hydrogens is 234 g/mol. The summed E-state index contributed by atoms with van der Waals surface area (Å²) in [6.07, 6.45) is 7.87. The molecule has 1 aromatic rings. The van der Waals surface area contributed by atoms with Crippen LogP contribution in [-0.4, -0.2) is 19.7 Å². The fourth-order valence-electron chi connectivity index (χ4n) is 3.00. The van der Waals surface area contributed by atoms with Crippen LogP contribution in [0.3, 0.4) is 0 Å². The van der Waals surface area contributed by atoms with Crippen LogP contribution in [0, 0.1) is 5.92 Å². The lowest BCUT2D eigenvalue weighted by molar-refractivity contribution is 0.363. The van der Waals surface area contributed by atoms with E-state index in [0.29, 0.717) is 12.0 Å². The molecule has 0 radical (unpaired) electrons. The van der Waals surface area contributed by atoms with Crippen LogP contribution in [0.4, 0.5) is 0 Å². The highest BCUT2D eigenvalue weighted by molar-refractivity contribution is 5.43. The number of hydrogen-bond donors (Lipinski definition) is 1. The molecule has 1 aliphatic rings. The maximum atomic E-state index is 5.51. The van der Waals surface area contributed by atoms with E-state index in [0.717, 1.165) is 25.1 Å². The number of benzene rings is 1. The van der Waals surface area contributed by atoms with Crippen LogP contribution in [0.25, 0.3) is 0 Å². The van der Waals surface area contributed by atoms with Gasteiger partial charge < -0.3 is 10.1 Å². The number of nitrogens with one attached hydrogen (secondary N) is 1.